The van der Waals surface area contributed by atoms with Crippen LogP contribution in [0.5, 0.6) is 0 Å². The topological polar surface area (TPSA) is 70.9 Å². The van der Waals surface area contributed by atoms with Gasteiger partial charge in [0.15, 0.2) is 5.69 Å². The van der Waals surface area contributed by atoms with Crippen LogP contribution in [-0.4, -0.2) is 82.9 Å². The Morgan fingerprint density at radius 2 is 1.77 bits per heavy atom. The summed E-state index contributed by atoms with van der Waals surface area (Å²) < 4.78 is 21.0. The van der Waals surface area contributed by atoms with Gasteiger partial charge in [0.2, 0.25) is 5.91 Å². The van der Waals surface area contributed by atoms with Crippen LogP contribution in [0.3, 0.4) is 0 Å². The Morgan fingerprint density at radius 3 is 2.46 bits per heavy atom. The van der Waals surface area contributed by atoms with Gasteiger partial charge >= 0.3 is 0 Å². The lowest BCUT2D eigenvalue weighted by Gasteiger charge is -2.37. The van der Waals surface area contributed by atoms with E-state index >= 15 is 0 Å². The molecule has 2 atom stereocenters. The van der Waals surface area contributed by atoms with Crippen molar-refractivity contribution in [1.29, 1.82) is 0 Å². The highest BCUT2D eigenvalue weighted by Crippen LogP contribution is 2.28. The molecule has 35 heavy (non-hydrogen) atoms. The predicted octanol–water partition coefficient (Wildman–Crippen LogP) is 2.42. The summed E-state index contributed by atoms with van der Waals surface area (Å²) in [7, 11) is 0. The minimum Gasteiger partial charge on any atom is -0.372 e. The fourth-order valence-electron chi connectivity index (χ4n) is 5.70. The Kier molecular flexibility index (Phi) is 6.53. The lowest BCUT2D eigenvalue weighted by molar-refractivity contribution is -0.132. The number of carbonyl (C=O) groups is 2. The van der Waals surface area contributed by atoms with Crippen LogP contribution in [0.25, 0.3) is 0 Å². The second kappa shape index (κ2) is 9.60. The number of hydrogen-bond donors (Lipinski definition) is 0. The molecule has 1 aromatic carbocycles. The minimum absolute atomic E-state index is 0.00299. The Balaban J connectivity index is 1.25. The van der Waals surface area contributed by atoms with Crippen molar-refractivity contribution in [3.05, 3.63) is 46.5 Å². The van der Waals surface area contributed by atoms with Crippen LogP contribution < -0.4 is 4.90 Å². The first-order chi connectivity index (χ1) is 16.8. The fraction of sp³-hybridized carbons (Fsp3) is 0.577. The summed E-state index contributed by atoms with van der Waals surface area (Å²) in [6, 6.07) is 4.83. The maximum atomic E-state index is 13.5. The number of hydrogen-bond acceptors (Lipinski definition) is 5. The van der Waals surface area contributed by atoms with Crippen LogP contribution in [0.15, 0.2) is 18.2 Å². The number of carbonyl (C=O) groups excluding carboxylic acids is 2. The molecule has 5 rings (SSSR count). The van der Waals surface area contributed by atoms with Crippen molar-refractivity contribution in [1.82, 2.24) is 19.6 Å². The quantitative estimate of drug-likeness (QED) is 0.668. The van der Waals surface area contributed by atoms with E-state index < -0.39 is 0 Å². The van der Waals surface area contributed by atoms with Crippen molar-refractivity contribution in [3.63, 3.8) is 0 Å². The van der Waals surface area contributed by atoms with E-state index in [1.165, 1.54) is 6.07 Å². The van der Waals surface area contributed by atoms with Gasteiger partial charge in [0, 0.05) is 56.2 Å². The number of rotatable bonds is 4. The maximum Gasteiger partial charge on any atom is 0.274 e. The Labute approximate surface area is 205 Å². The van der Waals surface area contributed by atoms with Crippen LogP contribution in [0.2, 0.25) is 0 Å². The van der Waals surface area contributed by atoms with Gasteiger partial charge in [0.25, 0.3) is 5.91 Å². The van der Waals surface area contributed by atoms with Crippen LogP contribution in [0.4, 0.5) is 10.1 Å². The molecule has 2 aliphatic heterocycles. The lowest BCUT2D eigenvalue weighted by atomic mass is 10.1. The number of piperazine rings is 1. The molecule has 2 aromatic rings. The molecular formula is C26H34FN5O3. The van der Waals surface area contributed by atoms with Gasteiger partial charge in [-0.25, -0.2) is 4.39 Å². The van der Waals surface area contributed by atoms with Crippen LogP contribution in [0.1, 0.15) is 47.6 Å². The van der Waals surface area contributed by atoms with Crippen molar-refractivity contribution in [3.8, 4) is 0 Å². The minimum atomic E-state index is -0.234. The van der Waals surface area contributed by atoms with Crippen molar-refractivity contribution in [2.45, 2.75) is 58.8 Å². The summed E-state index contributed by atoms with van der Waals surface area (Å²) in [5.74, 6) is -0.271. The maximum absolute atomic E-state index is 13.5. The number of anilines is 1. The first kappa shape index (κ1) is 23.8. The number of ether oxygens (including phenoxy) is 1. The number of aryl methyl sites for hydroxylation is 1. The van der Waals surface area contributed by atoms with E-state index in [9.17, 15) is 14.0 Å². The molecule has 188 valence electrons. The summed E-state index contributed by atoms with van der Waals surface area (Å²) in [6.07, 6.45) is 2.65. The molecule has 1 aromatic heterocycles. The number of amides is 2. The monoisotopic (exact) mass is 483 g/mol. The highest BCUT2D eigenvalue weighted by atomic mass is 19.1. The molecule has 3 heterocycles. The van der Waals surface area contributed by atoms with E-state index in [-0.39, 0.29) is 36.4 Å². The Morgan fingerprint density at radius 1 is 1.06 bits per heavy atom. The number of fused-ring (bicyclic) bond motifs is 1. The highest BCUT2D eigenvalue weighted by Gasteiger charge is 2.33. The molecule has 0 bridgehead atoms. The molecule has 2 saturated heterocycles. The second-order valence-corrected chi connectivity index (χ2v) is 10.1. The number of nitrogens with zero attached hydrogens (tertiary/aromatic N) is 5. The van der Waals surface area contributed by atoms with Gasteiger partial charge in [-0.05, 0) is 63.8 Å². The normalized spacial score (nSPS) is 22.5. The van der Waals surface area contributed by atoms with Gasteiger partial charge in [-0.2, -0.15) is 5.10 Å². The van der Waals surface area contributed by atoms with E-state index in [0.717, 1.165) is 41.8 Å². The molecule has 0 saturated carbocycles. The van der Waals surface area contributed by atoms with Crippen molar-refractivity contribution >= 4 is 17.5 Å². The van der Waals surface area contributed by atoms with E-state index in [1.54, 1.807) is 10.7 Å². The van der Waals surface area contributed by atoms with Crippen molar-refractivity contribution in [2.24, 2.45) is 0 Å². The third-order valence-corrected chi connectivity index (χ3v) is 7.33. The Hall–Kier alpha value is -2.94. The van der Waals surface area contributed by atoms with Crippen LogP contribution in [-0.2, 0) is 28.9 Å². The van der Waals surface area contributed by atoms with Crippen LogP contribution in [0, 0.1) is 12.7 Å². The zero-order valence-electron chi connectivity index (χ0n) is 20.8. The van der Waals surface area contributed by atoms with Gasteiger partial charge in [0.1, 0.15) is 12.4 Å². The zero-order valence-corrected chi connectivity index (χ0v) is 20.8. The molecule has 0 unspecified atom stereocenters. The third kappa shape index (κ3) is 4.78. The molecule has 2 amide bonds. The molecule has 0 N–H and O–H groups in total. The lowest BCUT2D eigenvalue weighted by Crippen LogP contribution is -2.50. The van der Waals surface area contributed by atoms with E-state index in [0.29, 0.717) is 45.0 Å². The second-order valence-electron chi connectivity index (χ2n) is 10.1. The summed E-state index contributed by atoms with van der Waals surface area (Å²) in [5, 5.41) is 4.67. The number of halogens is 1. The molecular weight excluding hydrogens is 449 g/mol. The van der Waals surface area contributed by atoms with Gasteiger partial charge in [-0.1, -0.05) is 0 Å². The number of benzene rings is 1. The predicted molar refractivity (Wildman–Crippen MR) is 130 cm³/mol. The van der Waals surface area contributed by atoms with E-state index in [4.69, 9.17) is 4.74 Å². The summed E-state index contributed by atoms with van der Waals surface area (Å²) in [5.41, 5.74) is 4.45. The molecule has 9 heteroatoms. The third-order valence-electron chi connectivity index (χ3n) is 7.33. The van der Waals surface area contributed by atoms with Crippen molar-refractivity contribution in [2.75, 3.05) is 44.2 Å². The molecule has 2 fully saturated rings. The standard InChI is InChI=1S/C26H34FN5O3/c1-17-13-20(27)7-8-22(17)29-9-11-30(12-10-29)24(33)16-32-23-6-4-5-21(23)25(28-32)26(34)31-14-18(2)35-19(3)15-31/h7-8,13,18-19H,4-6,9-12,14-16H2,1-3H3/t18-,19+. The first-order valence-corrected chi connectivity index (χ1v) is 12.6. The molecule has 1 aliphatic carbocycles. The first-order valence-electron chi connectivity index (χ1n) is 12.6. The molecule has 0 spiro atoms. The van der Waals surface area contributed by atoms with Gasteiger partial charge < -0.3 is 19.4 Å². The summed E-state index contributed by atoms with van der Waals surface area (Å²) >= 11 is 0. The summed E-state index contributed by atoms with van der Waals surface area (Å²) in [4.78, 5) is 32.4. The van der Waals surface area contributed by atoms with E-state index in [1.807, 2.05) is 36.6 Å². The SMILES string of the molecule is Cc1cc(F)ccc1N1CCN(C(=O)Cn2nc(C(=O)N3C[C@@H](C)O[C@@H](C)C3)c3c2CCC3)CC1. The average Bonchev–Trinajstić information content (AvgIpc) is 3.42. The molecule has 3 aliphatic rings. The highest BCUT2D eigenvalue weighted by molar-refractivity contribution is 5.94. The fourth-order valence-corrected chi connectivity index (χ4v) is 5.70. The molecule has 0 radical (unpaired) electrons. The van der Waals surface area contributed by atoms with Gasteiger partial charge in [-0.15, -0.1) is 0 Å². The van der Waals surface area contributed by atoms with Gasteiger partial charge in [0.05, 0.1) is 12.2 Å². The Bertz CT molecular complexity index is 1110. The summed E-state index contributed by atoms with van der Waals surface area (Å²) in [6.45, 7) is 9.75. The largest absolute Gasteiger partial charge is 0.372 e. The smallest absolute Gasteiger partial charge is 0.274 e. The number of aromatic nitrogens is 2. The van der Waals surface area contributed by atoms with Gasteiger partial charge in [-0.3, -0.25) is 14.3 Å². The average molecular weight is 484 g/mol. The molecule has 8 nitrogen and oxygen atoms in total. The number of morpholine rings is 1. The van der Waals surface area contributed by atoms with E-state index in [2.05, 4.69) is 10.00 Å². The van der Waals surface area contributed by atoms with Crippen LogP contribution >= 0.6 is 0 Å². The van der Waals surface area contributed by atoms with Crippen molar-refractivity contribution < 1.29 is 18.7 Å². The zero-order chi connectivity index (χ0) is 24.7.